The number of thiophene rings is 1. The fourth-order valence-corrected chi connectivity index (χ4v) is 6.90. The molecule has 5 N–H and O–H groups in total. The van der Waals surface area contributed by atoms with Crippen molar-refractivity contribution in [3.63, 3.8) is 0 Å². The molecule has 1 aromatic heterocycles. The van der Waals surface area contributed by atoms with E-state index in [2.05, 4.69) is 5.32 Å². The van der Waals surface area contributed by atoms with Gasteiger partial charge in [0.05, 0.1) is 26.3 Å². The number of nitrogen functional groups attached to an aromatic ring is 1. The minimum Gasteiger partial charge on any atom is -0.384 e. The zero-order valence-electron chi connectivity index (χ0n) is 23.8. The van der Waals surface area contributed by atoms with Gasteiger partial charge in [0.15, 0.2) is 11.8 Å². The Morgan fingerprint density at radius 3 is 2.41 bits per heavy atom. The van der Waals surface area contributed by atoms with Gasteiger partial charge in [-0.3, -0.25) is 19.8 Å². The van der Waals surface area contributed by atoms with Gasteiger partial charge < -0.3 is 30.7 Å². The number of nitrogens with two attached hydrogens (primary N) is 1. The van der Waals surface area contributed by atoms with E-state index in [0.29, 0.717) is 11.3 Å². The summed E-state index contributed by atoms with van der Waals surface area (Å²) in [5.74, 6) is -7.80. The molecule has 242 valence electrons. The summed E-state index contributed by atoms with van der Waals surface area (Å²) < 4.78 is 83.3. The number of carbonyl (C=O) groups is 3. The van der Waals surface area contributed by atoms with Gasteiger partial charge in [0, 0.05) is 38.9 Å². The minimum atomic E-state index is -4.92. The van der Waals surface area contributed by atoms with Crippen LogP contribution in [0.25, 0.3) is 11.1 Å². The number of rotatable bonds is 7. The third kappa shape index (κ3) is 5.60. The molecule has 46 heavy (non-hydrogen) atoms. The van der Waals surface area contributed by atoms with Crippen molar-refractivity contribution in [2.45, 2.75) is 36.4 Å². The smallest absolute Gasteiger partial charge is 0.384 e. The normalized spacial score (nSPS) is 19.8. The summed E-state index contributed by atoms with van der Waals surface area (Å²) in [4.78, 5) is 40.4. The Balaban J connectivity index is 1.18. The first kappa shape index (κ1) is 31.6. The SMILES string of the molecule is N=C(N)c1csc([C@@H](NC(=O)[C@@H]2CC3(CN2C(=O)CNC(=O)c2ccc4c(c2)-c2ccccc2C4(F)F)OCCO3)C(F)(F)F)c1. The molecule has 10 nitrogen and oxygen atoms in total. The molecule has 2 aromatic carbocycles. The summed E-state index contributed by atoms with van der Waals surface area (Å²) in [6.07, 6.45) is -5.18. The van der Waals surface area contributed by atoms with Gasteiger partial charge in [-0.1, -0.05) is 30.3 Å². The lowest BCUT2D eigenvalue weighted by molar-refractivity contribution is -0.164. The fraction of sp³-hybridized carbons (Fsp3) is 0.333. The van der Waals surface area contributed by atoms with Crippen LogP contribution in [0, 0.1) is 5.41 Å². The number of hydrogen-bond donors (Lipinski definition) is 4. The number of benzene rings is 2. The third-order valence-electron chi connectivity index (χ3n) is 8.13. The molecular formula is C30H26F5N5O5S. The van der Waals surface area contributed by atoms with Gasteiger partial charge >= 0.3 is 6.18 Å². The second-order valence-corrected chi connectivity index (χ2v) is 12.0. The summed E-state index contributed by atoms with van der Waals surface area (Å²) in [5.41, 5.74) is 5.45. The molecule has 3 aromatic rings. The second-order valence-electron chi connectivity index (χ2n) is 11.0. The number of ether oxygens (including phenoxy) is 2. The summed E-state index contributed by atoms with van der Waals surface area (Å²) in [7, 11) is 0. The number of amidine groups is 1. The predicted molar refractivity (Wildman–Crippen MR) is 154 cm³/mol. The quantitative estimate of drug-likeness (QED) is 0.173. The Kier molecular flexibility index (Phi) is 7.85. The number of halogens is 5. The van der Waals surface area contributed by atoms with Crippen LogP contribution in [0.5, 0.6) is 0 Å². The summed E-state index contributed by atoms with van der Waals surface area (Å²) in [6, 6.07) is 6.74. The number of likely N-dealkylation sites (tertiary alicyclic amines) is 1. The number of carbonyl (C=O) groups excluding carboxylic acids is 3. The number of nitrogens with zero attached hydrogens (tertiary/aromatic N) is 1. The second kappa shape index (κ2) is 11.4. The highest BCUT2D eigenvalue weighted by Crippen LogP contribution is 2.51. The van der Waals surface area contributed by atoms with E-state index in [1.54, 1.807) is 6.07 Å². The molecule has 0 unspecified atom stereocenters. The maximum Gasteiger partial charge on any atom is 0.413 e. The molecule has 2 aliphatic heterocycles. The van der Waals surface area contributed by atoms with Crippen LogP contribution in [0.2, 0.25) is 0 Å². The molecule has 16 heteroatoms. The van der Waals surface area contributed by atoms with E-state index >= 15 is 0 Å². The molecular weight excluding hydrogens is 637 g/mol. The van der Waals surface area contributed by atoms with E-state index in [1.165, 1.54) is 35.7 Å². The maximum atomic E-state index is 14.9. The van der Waals surface area contributed by atoms with Gasteiger partial charge in [-0.2, -0.15) is 22.0 Å². The molecule has 2 atom stereocenters. The monoisotopic (exact) mass is 663 g/mol. The van der Waals surface area contributed by atoms with E-state index in [0.717, 1.165) is 17.0 Å². The Morgan fingerprint density at radius 1 is 1.04 bits per heavy atom. The molecule has 2 saturated heterocycles. The fourth-order valence-electron chi connectivity index (χ4n) is 5.92. The maximum absolute atomic E-state index is 14.9. The van der Waals surface area contributed by atoms with Crippen LogP contribution in [0.3, 0.4) is 0 Å². The first-order valence-electron chi connectivity index (χ1n) is 14.0. The van der Waals surface area contributed by atoms with Gasteiger partial charge in [0.2, 0.25) is 11.8 Å². The minimum absolute atomic E-state index is 0.00240. The van der Waals surface area contributed by atoms with Crippen molar-refractivity contribution in [2.24, 2.45) is 5.73 Å². The summed E-state index contributed by atoms with van der Waals surface area (Å²) in [6.45, 7) is -0.656. The highest BCUT2D eigenvalue weighted by molar-refractivity contribution is 7.10. The van der Waals surface area contributed by atoms with E-state index < -0.39 is 60.1 Å². The lowest BCUT2D eigenvalue weighted by Gasteiger charge is -2.27. The van der Waals surface area contributed by atoms with Gasteiger partial charge in [-0.05, 0) is 29.3 Å². The average molecular weight is 664 g/mol. The zero-order chi connectivity index (χ0) is 33.0. The Hall–Kier alpha value is -4.41. The molecule has 3 heterocycles. The van der Waals surface area contributed by atoms with Crippen molar-refractivity contribution in [1.29, 1.82) is 5.41 Å². The van der Waals surface area contributed by atoms with Crippen molar-refractivity contribution in [1.82, 2.24) is 15.5 Å². The predicted octanol–water partition coefficient (Wildman–Crippen LogP) is 3.65. The Labute approximate surface area is 262 Å². The molecule has 3 aliphatic rings. The van der Waals surface area contributed by atoms with Gasteiger partial charge in [0.25, 0.3) is 11.8 Å². The standard InChI is InChI=1S/C30H26F5N5O5S/c31-29(32)19-4-2-1-3-17(19)18-9-15(5-6-20(18)29)26(42)38-12-23(41)40-14-28(44-7-8-45-28)11-21(40)27(43)39-24(30(33,34)35)22-10-16(13-46-22)25(36)37/h1-6,9-10,13,21,24H,7-8,11-12,14H2,(H3,36,37)(H,38,42)(H,39,43)/t21-,24+/m0/s1. The molecule has 0 radical (unpaired) electrons. The first-order chi connectivity index (χ1) is 21.7. The molecule has 2 fully saturated rings. The van der Waals surface area contributed by atoms with Gasteiger partial charge in [-0.15, -0.1) is 11.3 Å². The van der Waals surface area contributed by atoms with E-state index in [-0.39, 0.29) is 64.4 Å². The molecule has 6 rings (SSSR count). The van der Waals surface area contributed by atoms with Crippen molar-refractivity contribution >= 4 is 34.9 Å². The first-order valence-corrected chi connectivity index (χ1v) is 14.9. The van der Waals surface area contributed by atoms with Crippen LogP contribution in [-0.4, -0.2) is 72.8 Å². The topological polar surface area (TPSA) is 147 Å². The van der Waals surface area contributed by atoms with Crippen LogP contribution < -0.4 is 16.4 Å². The molecule has 1 aliphatic carbocycles. The van der Waals surface area contributed by atoms with Crippen molar-refractivity contribution in [2.75, 3.05) is 26.3 Å². The zero-order valence-corrected chi connectivity index (χ0v) is 24.6. The Morgan fingerprint density at radius 2 is 1.74 bits per heavy atom. The number of alkyl halides is 5. The largest absolute Gasteiger partial charge is 0.413 e. The summed E-state index contributed by atoms with van der Waals surface area (Å²) in [5, 5.41) is 13.1. The molecule has 3 amide bonds. The van der Waals surface area contributed by atoms with Crippen LogP contribution >= 0.6 is 11.3 Å². The van der Waals surface area contributed by atoms with Crippen molar-refractivity contribution in [3.8, 4) is 11.1 Å². The van der Waals surface area contributed by atoms with Crippen molar-refractivity contribution < 1.29 is 45.8 Å². The van der Waals surface area contributed by atoms with E-state index in [4.69, 9.17) is 20.6 Å². The number of nitrogens with one attached hydrogen (secondary N) is 3. The van der Waals surface area contributed by atoms with Crippen LogP contribution in [-0.2, 0) is 25.0 Å². The lowest BCUT2D eigenvalue weighted by atomic mass is 10.0. The highest BCUT2D eigenvalue weighted by Gasteiger charge is 2.54. The van der Waals surface area contributed by atoms with E-state index in [1.807, 2.05) is 5.32 Å². The highest BCUT2D eigenvalue weighted by atomic mass is 32.1. The van der Waals surface area contributed by atoms with Crippen molar-refractivity contribution in [3.05, 3.63) is 81.0 Å². The summed E-state index contributed by atoms with van der Waals surface area (Å²) >= 11 is 0.661. The van der Waals surface area contributed by atoms with E-state index in [9.17, 15) is 36.3 Å². The average Bonchev–Trinajstić information content (AvgIpc) is 3.81. The molecule has 1 spiro atoms. The van der Waals surface area contributed by atoms with Gasteiger partial charge in [0.1, 0.15) is 11.9 Å². The Bertz CT molecular complexity index is 1740. The number of amides is 3. The van der Waals surface area contributed by atoms with Crippen LogP contribution in [0.1, 0.15) is 44.4 Å². The van der Waals surface area contributed by atoms with Crippen LogP contribution in [0.4, 0.5) is 22.0 Å². The third-order valence-corrected chi connectivity index (χ3v) is 9.13. The number of fused-ring (bicyclic) bond motifs is 3. The number of hydrogen-bond acceptors (Lipinski definition) is 7. The van der Waals surface area contributed by atoms with Gasteiger partial charge in [-0.25, -0.2) is 0 Å². The lowest BCUT2D eigenvalue weighted by Crippen LogP contribution is -2.51. The molecule has 0 bridgehead atoms. The van der Waals surface area contributed by atoms with Crippen LogP contribution in [0.15, 0.2) is 53.9 Å². The molecule has 0 saturated carbocycles.